The minimum Gasteiger partial charge on any atom is -0.506 e. The molecule has 1 atom stereocenters. The van der Waals surface area contributed by atoms with Crippen molar-refractivity contribution < 1.29 is 29.3 Å². The highest BCUT2D eigenvalue weighted by molar-refractivity contribution is 5.92. The summed E-state index contributed by atoms with van der Waals surface area (Å²) in [5, 5.41) is 33.9. The molecule has 3 amide bonds. The molecule has 1 fully saturated rings. The number of carbonyl (C=O) groups excluding carboxylic acids is 3. The van der Waals surface area contributed by atoms with Gasteiger partial charge in [-0.3, -0.25) is 19.7 Å². The summed E-state index contributed by atoms with van der Waals surface area (Å²) in [4.78, 5) is 54.6. The number of hydrogen-bond donors (Lipinski definition) is 7. The molecule has 0 aliphatic carbocycles. The second-order valence-electron chi connectivity index (χ2n) is 15.5. The minimum absolute atomic E-state index is 0.00726. The Morgan fingerprint density at radius 3 is 2.40 bits per heavy atom. The molecule has 1 aliphatic rings. The second kappa shape index (κ2) is 21.3. The van der Waals surface area contributed by atoms with Crippen LogP contribution in [0.3, 0.4) is 0 Å². The van der Waals surface area contributed by atoms with E-state index in [1.807, 2.05) is 80.6 Å². The van der Waals surface area contributed by atoms with Gasteiger partial charge in [0.2, 0.25) is 17.4 Å². The molecule has 7 N–H and O–H groups in total. The Balaban J connectivity index is 0.813. The highest BCUT2D eigenvalue weighted by Gasteiger charge is 2.23. The van der Waals surface area contributed by atoms with Crippen LogP contribution in [0, 0.1) is 13.8 Å². The SMILES string of the molecule is Cc1cc(NC(=O)CCCCCNC(=O)CCN2CCC(OC(=O)Nc3ccccc3-c3ccccc3)CC2)c(C)cc1CNCC(O)c1ccc(O)c2[nH]c(=O)ccc12. The Morgan fingerprint density at radius 2 is 1.60 bits per heavy atom. The van der Waals surface area contributed by atoms with Gasteiger partial charge >= 0.3 is 6.09 Å². The lowest BCUT2D eigenvalue weighted by atomic mass is 10.0. The first-order valence-electron chi connectivity index (χ1n) is 20.8. The third-order valence-corrected chi connectivity index (χ3v) is 11.0. The van der Waals surface area contributed by atoms with Crippen LogP contribution < -0.4 is 26.8 Å². The lowest BCUT2D eigenvalue weighted by Gasteiger charge is -2.31. The van der Waals surface area contributed by atoms with Gasteiger partial charge in [0, 0.05) is 74.8 Å². The van der Waals surface area contributed by atoms with Crippen molar-refractivity contribution in [2.75, 3.05) is 43.4 Å². The number of pyridine rings is 1. The van der Waals surface area contributed by atoms with E-state index in [0.717, 1.165) is 59.4 Å². The maximum absolute atomic E-state index is 12.8. The molecule has 1 aliphatic heterocycles. The van der Waals surface area contributed by atoms with Gasteiger partial charge in [0.15, 0.2) is 0 Å². The zero-order valence-electron chi connectivity index (χ0n) is 34.4. The largest absolute Gasteiger partial charge is 0.506 e. The number of phenols is 1. The van der Waals surface area contributed by atoms with Crippen molar-refractivity contribution in [1.82, 2.24) is 20.5 Å². The predicted octanol–water partition coefficient (Wildman–Crippen LogP) is 7.06. The van der Waals surface area contributed by atoms with Crippen molar-refractivity contribution in [3.63, 3.8) is 0 Å². The number of nitrogens with one attached hydrogen (secondary N) is 5. The average molecular weight is 817 g/mol. The fourth-order valence-corrected chi connectivity index (χ4v) is 7.58. The lowest BCUT2D eigenvalue weighted by molar-refractivity contribution is -0.121. The lowest BCUT2D eigenvalue weighted by Crippen LogP contribution is -2.40. The van der Waals surface area contributed by atoms with Crippen LogP contribution in [0.25, 0.3) is 22.0 Å². The van der Waals surface area contributed by atoms with E-state index in [4.69, 9.17) is 4.74 Å². The van der Waals surface area contributed by atoms with Crippen molar-refractivity contribution in [3.8, 4) is 16.9 Å². The van der Waals surface area contributed by atoms with E-state index in [1.54, 1.807) is 12.1 Å². The predicted molar refractivity (Wildman–Crippen MR) is 235 cm³/mol. The third-order valence-electron chi connectivity index (χ3n) is 11.0. The number of piperidine rings is 1. The van der Waals surface area contributed by atoms with Gasteiger partial charge in [-0.25, -0.2) is 4.79 Å². The van der Waals surface area contributed by atoms with Gasteiger partial charge in [0.1, 0.15) is 11.9 Å². The van der Waals surface area contributed by atoms with Gasteiger partial charge in [0.05, 0.1) is 17.3 Å². The van der Waals surface area contributed by atoms with Crippen LogP contribution in [0.4, 0.5) is 16.2 Å². The van der Waals surface area contributed by atoms with Crippen molar-refractivity contribution in [2.24, 2.45) is 0 Å². The molecular formula is C47H56N6O7. The van der Waals surface area contributed by atoms with Crippen LogP contribution in [-0.2, 0) is 20.9 Å². The number of para-hydroxylation sites is 1. The number of hydrogen-bond acceptors (Lipinski definition) is 9. The summed E-state index contributed by atoms with van der Waals surface area (Å²) >= 11 is 0. The number of aromatic nitrogens is 1. The molecule has 1 aromatic heterocycles. The molecule has 316 valence electrons. The van der Waals surface area contributed by atoms with Crippen molar-refractivity contribution >= 4 is 40.2 Å². The van der Waals surface area contributed by atoms with Gasteiger partial charge in [-0.2, -0.15) is 0 Å². The smallest absolute Gasteiger partial charge is 0.411 e. The number of carbonyl (C=O) groups is 3. The maximum atomic E-state index is 12.8. The fourth-order valence-electron chi connectivity index (χ4n) is 7.58. The number of likely N-dealkylation sites (tertiary alicyclic amines) is 1. The Kier molecular flexibility index (Phi) is 15.5. The van der Waals surface area contributed by atoms with E-state index in [9.17, 15) is 29.4 Å². The molecule has 0 spiro atoms. The number of anilines is 2. The summed E-state index contributed by atoms with van der Waals surface area (Å²) < 4.78 is 5.74. The van der Waals surface area contributed by atoms with Crippen LogP contribution >= 0.6 is 0 Å². The van der Waals surface area contributed by atoms with E-state index in [-0.39, 0.29) is 35.8 Å². The number of aromatic hydroxyl groups is 1. The van der Waals surface area contributed by atoms with Crippen LogP contribution in [0.1, 0.15) is 73.3 Å². The van der Waals surface area contributed by atoms with Gasteiger partial charge in [0.25, 0.3) is 0 Å². The number of aliphatic hydroxyl groups excluding tert-OH is 1. The van der Waals surface area contributed by atoms with Crippen LogP contribution in [-0.4, -0.2) is 76.8 Å². The Labute approximate surface area is 350 Å². The molecule has 1 saturated heterocycles. The topological polar surface area (TPSA) is 185 Å². The number of rotatable bonds is 18. The molecule has 2 heterocycles. The minimum atomic E-state index is -0.865. The first kappa shape index (κ1) is 43.6. The molecule has 0 bridgehead atoms. The highest BCUT2D eigenvalue weighted by atomic mass is 16.6. The van der Waals surface area contributed by atoms with Gasteiger partial charge in [-0.05, 0) is 91.6 Å². The first-order chi connectivity index (χ1) is 29.0. The standard InChI is InChI=1S/C47H56N6O7/c1-31-28-40(32(2)27-34(31)29-48-30-42(55)37-16-18-41(54)46-38(37)17-19-45(58)52-46)50-44(57)15-7-4-10-23-49-43(56)22-26-53-24-20-35(21-25-53)60-47(59)51-39-14-9-8-13-36(39)33-11-5-3-6-12-33/h3,5-6,8-9,11-14,16-19,27-28,35,42,48,54-55H,4,7,10,15,20-26,29-30H2,1-2H3,(H,49,56)(H,50,57)(H,51,59)(H,52,58). The number of H-pyrrole nitrogens is 1. The van der Waals surface area contributed by atoms with Crippen LogP contribution in [0.5, 0.6) is 5.75 Å². The van der Waals surface area contributed by atoms with Crippen molar-refractivity contribution in [3.05, 3.63) is 124 Å². The number of fused-ring (bicyclic) bond motifs is 1. The zero-order chi connectivity index (χ0) is 42.4. The Morgan fingerprint density at radius 1 is 0.833 bits per heavy atom. The summed E-state index contributed by atoms with van der Waals surface area (Å²) in [6, 6.07) is 27.6. The molecule has 4 aromatic carbocycles. The monoisotopic (exact) mass is 816 g/mol. The number of ether oxygens (including phenoxy) is 1. The highest BCUT2D eigenvalue weighted by Crippen LogP contribution is 2.30. The summed E-state index contributed by atoms with van der Waals surface area (Å²) in [7, 11) is 0. The molecule has 1 unspecified atom stereocenters. The first-order valence-corrected chi connectivity index (χ1v) is 20.8. The number of amides is 3. The second-order valence-corrected chi connectivity index (χ2v) is 15.5. The van der Waals surface area contributed by atoms with E-state index in [1.165, 1.54) is 12.1 Å². The maximum Gasteiger partial charge on any atom is 0.411 e. The molecule has 60 heavy (non-hydrogen) atoms. The molecule has 13 heteroatoms. The number of aliphatic hydroxyl groups is 1. The molecule has 6 rings (SSSR count). The molecule has 5 aromatic rings. The quantitative estimate of drug-likeness (QED) is 0.0455. The van der Waals surface area contributed by atoms with E-state index < -0.39 is 12.2 Å². The zero-order valence-corrected chi connectivity index (χ0v) is 34.4. The molecule has 13 nitrogen and oxygen atoms in total. The summed E-state index contributed by atoms with van der Waals surface area (Å²) in [6.45, 7) is 7.42. The average Bonchev–Trinajstić information content (AvgIpc) is 3.24. The Hall–Kier alpha value is -6.02. The summed E-state index contributed by atoms with van der Waals surface area (Å²) in [6.07, 6.45) is 3.04. The Bertz CT molecular complexity index is 2310. The van der Waals surface area contributed by atoms with E-state index in [0.29, 0.717) is 73.9 Å². The van der Waals surface area contributed by atoms with Gasteiger partial charge < -0.3 is 40.8 Å². The molecular weight excluding hydrogens is 761 g/mol. The number of phenolic OH excluding ortho intramolecular Hbond substituents is 1. The number of benzene rings is 4. The van der Waals surface area contributed by atoms with Crippen LogP contribution in [0.15, 0.2) is 95.8 Å². The van der Waals surface area contributed by atoms with E-state index in [2.05, 4.69) is 31.2 Å². The normalized spacial score (nSPS) is 13.8. The molecule has 0 saturated carbocycles. The van der Waals surface area contributed by atoms with Gasteiger partial charge in [-0.1, -0.05) is 67.1 Å². The molecule has 0 radical (unpaired) electrons. The number of aryl methyl sites for hydroxylation is 2. The number of unbranched alkanes of at least 4 members (excludes halogenated alkanes) is 2. The van der Waals surface area contributed by atoms with Gasteiger partial charge in [-0.15, -0.1) is 0 Å². The van der Waals surface area contributed by atoms with E-state index >= 15 is 0 Å². The third kappa shape index (κ3) is 12.3. The van der Waals surface area contributed by atoms with Crippen molar-refractivity contribution in [1.29, 1.82) is 0 Å². The summed E-state index contributed by atoms with van der Waals surface area (Å²) in [5.74, 6) is -0.101. The van der Waals surface area contributed by atoms with Crippen molar-refractivity contribution in [2.45, 2.75) is 77.5 Å². The number of aromatic amines is 1. The van der Waals surface area contributed by atoms with Crippen LogP contribution in [0.2, 0.25) is 0 Å². The number of nitrogens with zero attached hydrogens (tertiary/aromatic N) is 1. The fraction of sp³-hybridized carbons (Fsp3) is 0.362. The summed E-state index contributed by atoms with van der Waals surface area (Å²) in [5.41, 5.74) is 6.96.